The van der Waals surface area contributed by atoms with Gasteiger partial charge < -0.3 is 10.0 Å². The molecule has 62 valence electrons. The summed E-state index contributed by atoms with van der Waals surface area (Å²) in [5.74, 6) is 0.909. The van der Waals surface area contributed by atoms with Crippen molar-refractivity contribution >= 4 is 11.9 Å². The van der Waals surface area contributed by atoms with Crippen LogP contribution in [0.5, 0.6) is 0 Å². The summed E-state index contributed by atoms with van der Waals surface area (Å²) < 4.78 is 1.95. The third-order valence-electron chi connectivity index (χ3n) is 1.51. The number of aliphatic hydroxyl groups excluding tert-OH is 1. The summed E-state index contributed by atoms with van der Waals surface area (Å²) in [5, 5.41) is 8.66. The molecule has 0 radical (unpaired) electrons. The number of nitrogens with zero attached hydrogens (tertiary/aromatic N) is 2. The summed E-state index contributed by atoms with van der Waals surface area (Å²) in [7, 11) is 0. The lowest BCUT2D eigenvalue weighted by Gasteiger charge is -2.20. The molecule has 0 unspecified atom stereocenters. The Hall–Kier alpha value is -0.610. The Morgan fingerprint density at radius 1 is 1.64 bits per heavy atom. The highest BCUT2D eigenvalue weighted by molar-refractivity contribution is 7.96. The van der Waals surface area contributed by atoms with E-state index in [1.807, 2.05) is 27.9 Å². The number of hydrogen-bond donors (Lipinski definition) is 1. The molecule has 0 aromatic rings. The molecule has 1 aliphatic rings. The molecule has 0 saturated carbocycles. The molecule has 1 rings (SSSR count). The molecule has 1 aliphatic heterocycles. The van der Waals surface area contributed by atoms with Gasteiger partial charge in [-0.1, -0.05) is 6.58 Å². The third-order valence-corrected chi connectivity index (χ3v) is 2.23. The second-order valence-electron chi connectivity index (χ2n) is 2.14. The van der Waals surface area contributed by atoms with Crippen LogP contribution in [0, 0.1) is 0 Å². The number of β-amino-alcohol motifs (C(OH)–C–C–N with tert-alkyl or cyclic N) is 1. The van der Waals surface area contributed by atoms with Crippen LogP contribution in [-0.2, 0) is 0 Å². The molecule has 0 bridgehead atoms. The Morgan fingerprint density at radius 2 is 2.36 bits per heavy atom. The minimum Gasteiger partial charge on any atom is -0.395 e. The largest absolute Gasteiger partial charge is 0.395 e. The van der Waals surface area contributed by atoms with Gasteiger partial charge in [0.15, 0.2) is 0 Å². The van der Waals surface area contributed by atoms with E-state index < -0.39 is 0 Å². The average molecular weight is 172 g/mol. The van der Waals surface area contributed by atoms with Gasteiger partial charge in [-0.05, 0) is 11.9 Å². The molecule has 0 amide bonds. The van der Waals surface area contributed by atoms with Crippen molar-refractivity contribution in [1.82, 2.24) is 9.21 Å². The molecule has 1 N–H and O–H groups in total. The molecule has 0 fully saturated rings. The number of hydrogen-bond acceptors (Lipinski definition) is 4. The van der Waals surface area contributed by atoms with Crippen LogP contribution in [0.2, 0.25) is 0 Å². The van der Waals surface area contributed by atoms with Gasteiger partial charge in [0.2, 0.25) is 0 Å². The molecule has 11 heavy (non-hydrogen) atoms. The standard InChI is InChI=1S/C7H12N2OS/c1-7-8(5-6-10)3-4-9(7)11-2/h3-4,10H,1,5-6H2,2H3. The minimum atomic E-state index is 0.158. The van der Waals surface area contributed by atoms with Gasteiger partial charge in [0.1, 0.15) is 5.82 Å². The maximum atomic E-state index is 8.66. The monoisotopic (exact) mass is 172 g/mol. The molecule has 0 aromatic heterocycles. The topological polar surface area (TPSA) is 26.7 Å². The third kappa shape index (κ3) is 1.70. The fraction of sp³-hybridized carbons (Fsp3) is 0.429. The lowest BCUT2D eigenvalue weighted by Crippen LogP contribution is -2.20. The molecule has 0 spiro atoms. The van der Waals surface area contributed by atoms with Crippen molar-refractivity contribution in [3.8, 4) is 0 Å². The maximum Gasteiger partial charge on any atom is 0.115 e. The summed E-state index contributed by atoms with van der Waals surface area (Å²) >= 11 is 1.59. The van der Waals surface area contributed by atoms with Crippen molar-refractivity contribution in [1.29, 1.82) is 0 Å². The van der Waals surface area contributed by atoms with E-state index in [1.54, 1.807) is 11.9 Å². The van der Waals surface area contributed by atoms with E-state index in [2.05, 4.69) is 6.58 Å². The van der Waals surface area contributed by atoms with Crippen molar-refractivity contribution < 1.29 is 5.11 Å². The van der Waals surface area contributed by atoms with Gasteiger partial charge in [-0.15, -0.1) is 0 Å². The predicted molar refractivity (Wildman–Crippen MR) is 47.4 cm³/mol. The molecule has 0 atom stereocenters. The Labute approximate surface area is 71.1 Å². The Kier molecular flexibility index (Phi) is 2.84. The fourth-order valence-corrected chi connectivity index (χ4v) is 1.41. The molecule has 0 aliphatic carbocycles. The Bertz CT molecular complexity index is 181. The highest BCUT2D eigenvalue weighted by atomic mass is 32.2. The van der Waals surface area contributed by atoms with Crippen LogP contribution in [0.3, 0.4) is 0 Å². The first-order valence-corrected chi connectivity index (χ1v) is 4.56. The Balaban J connectivity index is 2.49. The van der Waals surface area contributed by atoms with Crippen LogP contribution in [-0.4, -0.2) is 33.7 Å². The van der Waals surface area contributed by atoms with Crippen LogP contribution in [0.25, 0.3) is 0 Å². The summed E-state index contributed by atoms with van der Waals surface area (Å²) in [6.45, 7) is 4.64. The zero-order valence-corrected chi connectivity index (χ0v) is 7.34. The van der Waals surface area contributed by atoms with E-state index in [0.29, 0.717) is 6.54 Å². The molecule has 0 saturated heterocycles. The molecular weight excluding hydrogens is 160 g/mol. The van der Waals surface area contributed by atoms with Crippen LogP contribution in [0.1, 0.15) is 0 Å². The van der Waals surface area contributed by atoms with E-state index in [1.165, 1.54) is 0 Å². The van der Waals surface area contributed by atoms with E-state index in [9.17, 15) is 0 Å². The van der Waals surface area contributed by atoms with Crippen molar-refractivity contribution in [3.05, 3.63) is 24.8 Å². The number of aliphatic hydroxyl groups is 1. The molecular formula is C7H12N2OS. The first-order valence-electron chi connectivity index (χ1n) is 3.37. The van der Waals surface area contributed by atoms with Crippen LogP contribution < -0.4 is 0 Å². The second-order valence-corrected chi connectivity index (χ2v) is 2.90. The van der Waals surface area contributed by atoms with E-state index in [0.717, 1.165) is 5.82 Å². The average Bonchev–Trinajstić information content (AvgIpc) is 2.34. The molecule has 1 heterocycles. The predicted octanol–water partition coefficient (Wildman–Crippen LogP) is 0.817. The summed E-state index contributed by atoms with van der Waals surface area (Å²) in [5.41, 5.74) is 0. The van der Waals surface area contributed by atoms with Crippen LogP contribution >= 0.6 is 11.9 Å². The van der Waals surface area contributed by atoms with Crippen molar-refractivity contribution in [2.45, 2.75) is 0 Å². The first kappa shape index (κ1) is 8.49. The van der Waals surface area contributed by atoms with E-state index in [4.69, 9.17) is 5.11 Å². The normalized spacial score (nSPS) is 16.7. The fourth-order valence-electron chi connectivity index (χ4n) is 0.917. The highest BCUT2D eigenvalue weighted by Crippen LogP contribution is 2.23. The molecule has 3 nitrogen and oxygen atoms in total. The lowest BCUT2D eigenvalue weighted by molar-refractivity contribution is 0.254. The van der Waals surface area contributed by atoms with Crippen molar-refractivity contribution in [2.75, 3.05) is 19.4 Å². The van der Waals surface area contributed by atoms with Crippen LogP contribution in [0.15, 0.2) is 24.8 Å². The van der Waals surface area contributed by atoms with Gasteiger partial charge in [0, 0.05) is 25.2 Å². The summed E-state index contributed by atoms with van der Waals surface area (Å²) in [4.78, 5) is 1.91. The quantitative estimate of drug-likeness (QED) is 0.637. The van der Waals surface area contributed by atoms with E-state index in [-0.39, 0.29) is 6.61 Å². The summed E-state index contributed by atoms with van der Waals surface area (Å²) in [6, 6.07) is 0. The SMILES string of the molecule is C=C1N(CCO)C=CN1SC. The van der Waals surface area contributed by atoms with Gasteiger partial charge in [0.05, 0.1) is 6.61 Å². The minimum absolute atomic E-state index is 0.158. The van der Waals surface area contributed by atoms with Gasteiger partial charge in [0.25, 0.3) is 0 Å². The molecule has 0 aromatic carbocycles. The van der Waals surface area contributed by atoms with Crippen molar-refractivity contribution in [2.24, 2.45) is 0 Å². The van der Waals surface area contributed by atoms with E-state index >= 15 is 0 Å². The van der Waals surface area contributed by atoms with Gasteiger partial charge in [-0.2, -0.15) is 0 Å². The van der Waals surface area contributed by atoms with Crippen molar-refractivity contribution in [3.63, 3.8) is 0 Å². The zero-order valence-electron chi connectivity index (χ0n) is 6.53. The first-order chi connectivity index (χ1) is 5.29. The van der Waals surface area contributed by atoms with Gasteiger partial charge >= 0.3 is 0 Å². The lowest BCUT2D eigenvalue weighted by atomic mass is 10.6. The molecule has 4 heteroatoms. The maximum absolute atomic E-state index is 8.66. The highest BCUT2D eigenvalue weighted by Gasteiger charge is 2.15. The van der Waals surface area contributed by atoms with Gasteiger partial charge in [-0.3, -0.25) is 4.31 Å². The second kappa shape index (κ2) is 3.69. The van der Waals surface area contributed by atoms with Gasteiger partial charge in [-0.25, -0.2) is 0 Å². The number of rotatable bonds is 3. The van der Waals surface area contributed by atoms with Crippen LogP contribution in [0.4, 0.5) is 0 Å². The Morgan fingerprint density at radius 3 is 2.82 bits per heavy atom. The summed E-state index contributed by atoms with van der Waals surface area (Å²) in [6.07, 6.45) is 5.83. The smallest absolute Gasteiger partial charge is 0.115 e. The zero-order chi connectivity index (χ0) is 8.27.